The lowest BCUT2D eigenvalue weighted by molar-refractivity contribution is -0.288. The van der Waals surface area contributed by atoms with Crippen molar-refractivity contribution < 1.29 is 57.1 Å². The second-order valence-corrected chi connectivity index (χ2v) is 9.22. The number of hydrogen-bond donors (Lipinski definition) is 1. The first-order valence-corrected chi connectivity index (χ1v) is 13.0. The zero-order valence-corrected chi connectivity index (χ0v) is 23.8. The topological polar surface area (TPSA) is 162 Å². The van der Waals surface area contributed by atoms with E-state index >= 15 is 0 Å². The molecule has 13 heteroatoms. The van der Waals surface area contributed by atoms with Crippen LogP contribution < -0.4 is 14.8 Å². The van der Waals surface area contributed by atoms with Crippen LogP contribution in [-0.4, -0.2) is 74.2 Å². The summed E-state index contributed by atoms with van der Waals surface area (Å²) in [5.41, 5.74) is 1.19. The van der Waals surface area contributed by atoms with Gasteiger partial charge in [-0.25, -0.2) is 0 Å². The van der Waals surface area contributed by atoms with Crippen LogP contribution >= 0.6 is 0 Å². The molecular weight excluding hydrogens is 554 g/mol. The smallest absolute Gasteiger partial charge is 0.303 e. The molecule has 0 spiro atoms. The summed E-state index contributed by atoms with van der Waals surface area (Å²) in [6, 6.07) is 13.8. The molecule has 42 heavy (non-hydrogen) atoms. The summed E-state index contributed by atoms with van der Waals surface area (Å²) >= 11 is 0. The lowest BCUT2D eigenvalue weighted by Crippen LogP contribution is -2.63. The second-order valence-electron chi connectivity index (χ2n) is 9.22. The van der Waals surface area contributed by atoms with Crippen LogP contribution in [0.3, 0.4) is 0 Å². The van der Waals surface area contributed by atoms with E-state index in [0.717, 1.165) is 26.3 Å². The zero-order chi connectivity index (χ0) is 30.8. The fraction of sp³-hybridized carbons (Fsp3) is 0.414. The van der Waals surface area contributed by atoms with Crippen molar-refractivity contribution in [2.75, 3.05) is 13.7 Å². The summed E-state index contributed by atoms with van der Waals surface area (Å²) in [6.45, 7) is 4.44. The summed E-state index contributed by atoms with van der Waals surface area (Å²) < 4.78 is 38.7. The molecule has 2 aromatic carbocycles. The third-order valence-electron chi connectivity index (χ3n) is 5.91. The molecule has 0 saturated carbocycles. The van der Waals surface area contributed by atoms with Crippen LogP contribution in [0.2, 0.25) is 0 Å². The zero-order valence-electron chi connectivity index (χ0n) is 23.8. The van der Waals surface area contributed by atoms with E-state index in [-0.39, 0.29) is 23.0 Å². The third-order valence-corrected chi connectivity index (χ3v) is 5.91. The van der Waals surface area contributed by atoms with Crippen LogP contribution in [0.25, 0.3) is 0 Å². The monoisotopic (exact) mass is 587 g/mol. The van der Waals surface area contributed by atoms with E-state index in [9.17, 15) is 24.0 Å². The van der Waals surface area contributed by atoms with Crippen LogP contribution in [0.15, 0.2) is 48.5 Å². The predicted molar refractivity (Wildman–Crippen MR) is 143 cm³/mol. The van der Waals surface area contributed by atoms with Crippen molar-refractivity contribution >= 4 is 29.8 Å². The molecule has 1 aliphatic rings. The van der Waals surface area contributed by atoms with Gasteiger partial charge in [0.1, 0.15) is 12.7 Å². The molecule has 226 valence electrons. The maximum absolute atomic E-state index is 12.8. The van der Waals surface area contributed by atoms with Crippen molar-refractivity contribution in [2.24, 2.45) is 0 Å². The molecule has 0 radical (unpaired) electrons. The average Bonchev–Trinajstić information content (AvgIpc) is 2.93. The van der Waals surface area contributed by atoms with Crippen molar-refractivity contribution in [3.05, 3.63) is 59.7 Å². The molecule has 13 nitrogen and oxygen atoms in total. The van der Waals surface area contributed by atoms with Gasteiger partial charge >= 0.3 is 23.9 Å². The van der Waals surface area contributed by atoms with Gasteiger partial charge in [-0.1, -0.05) is 30.3 Å². The van der Waals surface area contributed by atoms with Crippen LogP contribution in [-0.2, 0) is 49.4 Å². The fourth-order valence-corrected chi connectivity index (χ4v) is 4.20. The Labute approximate surface area is 242 Å². The first kappa shape index (κ1) is 31.9. The number of methoxy groups -OCH3 is 1. The molecular formula is C29H33NO12. The van der Waals surface area contributed by atoms with Gasteiger partial charge in [0.2, 0.25) is 12.4 Å². The van der Waals surface area contributed by atoms with Gasteiger partial charge in [-0.2, -0.15) is 0 Å². The molecule has 1 heterocycles. The quantitative estimate of drug-likeness (QED) is 0.301. The molecule has 0 aliphatic carbocycles. The van der Waals surface area contributed by atoms with Crippen LogP contribution in [0.4, 0.5) is 0 Å². The first-order chi connectivity index (χ1) is 20.0. The van der Waals surface area contributed by atoms with Gasteiger partial charge in [0.25, 0.3) is 5.91 Å². The van der Waals surface area contributed by atoms with Gasteiger partial charge in [-0.05, 0) is 23.8 Å². The van der Waals surface area contributed by atoms with Crippen molar-refractivity contribution in [1.29, 1.82) is 0 Å². The minimum absolute atomic E-state index is 0.0815. The lowest BCUT2D eigenvalue weighted by atomic mass is 9.98. The van der Waals surface area contributed by atoms with Gasteiger partial charge in [-0.3, -0.25) is 24.0 Å². The van der Waals surface area contributed by atoms with E-state index in [2.05, 4.69) is 5.32 Å². The molecule has 5 atom stereocenters. The standard InChI is InChI=1S/C29H33NO12/c1-16(31)37-15-24-25(38-17(2)32)26(39-18(3)33)27(40-19(4)34)29(42-24)41-22-12-11-21(13-23(22)36-5)28(35)30-14-20-9-7-6-8-10-20/h6-13,24-27,29H,14-15H2,1-5H3,(H,30,35)/t24-,25-,26+,27-,29+/m0/s1. The minimum Gasteiger partial charge on any atom is -0.493 e. The van der Waals surface area contributed by atoms with E-state index in [0.29, 0.717) is 6.54 Å². The number of nitrogens with one attached hydrogen (secondary N) is 1. The third kappa shape index (κ3) is 8.93. The first-order valence-electron chi connectivity index (χ1n) is 13.0. The second kappa shape index (κ2) is 14.8. The number of carbonyl (C=O) groups excluding carboxylic acids is 5. The van der Waals surface area contributed by atoms with Crippen molar-refractivity contribution in [3.8, 4) is 11.5 Å². The molecule has 3 rings (SSSR count). The van der Waals surface area contributed by atoms with E-state index in [1.54, 1.807) is 0 Å². The Morgan fingerprint density at radius 2 is 1.38 bits per heavy atom. The van der Waals surface area contributed by atoms with Crippen molar-refractivity contribution in [3.63, 3.8) is 0 Å². The normalized spacial score (nSPS) is 21.3. The Kier molecular flexibility index (Phi) is 11.3. The molecule has 0 aromatic heterocycles. The molecule has 1 aliphatic heterocycles. The molecule has 0 bridgehead atoms. The molecule has 2 aromatic rings. The Hall–Kier alpha value is -4.65. The number of amides is 1. The van der Waals surface area contributed by atoms with Gasteiger partial charge in [0.15, 0.2) is 23.7 Å². The summed E-state index contributed by atoms with van der Waals surface area (Å²) in [6.07, 6.45) is -6.80. The molecule has 0 unspecified atom stereocenters. The molecule has 1 N–H and O–H groups in total. The number of carbonyl (C=O) groups is 5. The van der Waals surface area contributed by atoms with Gasteiger partial charge in [0.05, 0.1) is 7.11 Å². The van der Waals surface area contributed by atoms with Gasteiger partial charge < -0.3 is 38.5 Å². The summed E-state index contributed by atoms with van der Waals surface area (Å²) in [4.78, 5) is 60.3. The number of benzene rings is 2. The molecule has 1 fully saturated rings. The van der Waals surface area contributed by atoms with E-state index in [4.69, 9.17) is 33.2 Å². The van der Waals surface area contributed by atoms with Crippen molar-refractivity contribution in [1.82, 2.24) is 5.32 Å². The molecule has 1 saturated heterocycles. The van der Waals surface area contributed by atoms with Gasteiger partial charge in [0, 0.05) is 39.8 Å². The lowest BCUT2D eigenvalue weighted by Gasteiger charge is -2.44. The number of esters is 4. The molecule has 1 amide bonds. The van der Waals surface area contributed by atoms with Crippen LogP contribution in [0.1, 0.15) is 43.6 Å². The van der Waals surface area contributed by atoms with E-state index < -0.39 is 61.2 Å². The van der Waals surface area contributed by atoms with Gasteiger partial charge in [-0.15, -0.1) is 0 Å². The number of ether oxygens (including phenoxy) is 7. The number of hydrogen-bond acceptors (Lipinski definition) is 12. The van der Waals surface area contributed by atoms with Crippen LogP contribution in [0, 0.1) is 0 Å². The summed E-state index contributed by atoms with van der Waals surface area (Å²) in [5, 5.41) is 2.82. The fourth-order valence-electron chi connectivity index (χ4n) is 4.20. The Morgan fingerprint density at radius 3 is 1.98 bits per heavy atom. The largest absolute Gasteiger partial charge is 0.493 e. The highest BCUT2D eigenvalue weighted by molar-refractivity contribution is 5.94. The highest BCUT2D eigenvalue weighted by atomic mass is 16.7. The van der Waals surface area contributed by atoms with Crippen molar-refractivity contribution in [2.45, 2.75) is 64.9 Å². The minimum atomic E-state index is -1.46. The Balaban J connectivity index is 1.91. The highest BCUT2D eigenvalue weighted by Gasteiger charge is 2.53. The Bertz CT molecular complexity index is 1280. The van der Waals surface area contributed by atoms with Crippen LogP contribution in [0.5, 0.6) is 11.5 Å². The predicted octanol–water partition coefficient (Wildman–Crippen LogP) is 2.09. The average molecular weight is 588 g/mol. The number of rotatable bonds is 11. The SMILES string of the molecule is COc1cc(C(=O)NCc2ccccc2)ccc1O[C@@H]1O[C@@H](COC(C)=O)[C@H](OC(C)=O)[C@@H](OC(C)=O)[C@@H]1OC(C)=O. The summed E-state index contributed by atoms with van der Waals surface area (Å²) in [5.74, 6) is -3.09. The van der Waals surface area contributed by atoms with E-state index in [1.165, 1.54) is 32.2 Å². The summed E-state index contributed by atoms with van der Waals surface area (Å²) in [7, 11) is 1.36. The maximum Gasteiger partial charge on any atom is 0.303 e. The Morgan fingerprint density at radius 1 is 0.762 bits per heavy atom. The highest BCUT2D eigenvalue weighted by Crippen LogP contribution is 2.35. The van der Waals surface area contributed by atoms with E-state index in [1.807, 2.05) is 30.3 Å². The maximum atomic E-state index is 12.8.